The van der Waals surface area contributed by atoms with Gasteiger partial charge >= 0.3 is 0 Å². The maximum atomic E-state index is 11.4. The van der Waals surface area contributed by atoms with Crippen molar-refractivity contribution in [2.45, 2.75) is 18.2 Å². The van der Waals surface area contributed by atoms with Crippen molar-refractivity contribution in [3.8, 4) is 5.75 Å². The number of hydrogen-bond donors (Lipinski definition) is 1. The van der Waals surface area contributed by atoms with Gasteiger partial charge in [0.2, 0.25) is 0 Å². The summed E-state index contributed by atoms with van der Waals surface area (Å²) >= 11 is 0. The van der Waals surface area contributed by atoms with Crippen LogP contribution in [0.1, 0.15) is 13.3 Å². The van der Waals surface area contributed by atoms with Crippen LogP contribution < -0.4 is 0 Å². The Morgan fingerprint density at radius 3 is 2.67 bits per heavy atom. The van der Waals surface area contributed by atoms with E-state index in [2.05, 4.69) is 0 Å². The van der Waals surface area contributed by atoms with Crippen LogP contribution in [0.15, 0.2) is 29.2 Å². The summed E-state index contributed by atoms with van der Waals surface area (Å²) in [5.74, 6) is 0.738. The van der Waals surface area contributed by atoms with Gasteiger partial charge < -0.3 is 5.11 Å². The van der Waals surface area contributed by atoms with Crippen LogP contribution in [0, 0.1) is 0 Å². The van der Waals surface area contributed by atoms with E-state index in [0.29, 0.717) is 10.6 Å². The van der Waals surface area contributed by atoms with Crippen molar-refractivity contribution < 1.29 is 9.32 Å². The average Bonchev–Trinajstić information content (AvgIpc) is 2.05. The van der Waals surface area contributed by atoms with Crippen LogP contribution in [0.25, 0.3) is 0 Å². The predicted octanol–water partition coefficient (Wildman–Crippen LogP) is 1.91. The zero-order valence-electron chi connectivity index (χ0n) is 6.99. The molecule has 2 nitrogen and oxygen atoms in total. The van der Waals surface area contributed by atoms with Crippen LogP contribution in [-0.4, -0.2) is 15.1 Å². The van der Waals surface area contributed by atoms with E-state index < -0.39 is 10.8 Å². The number of hydrogen-bond acceptors (Lipinski definition) is 2. The Balaban J connectivity index is 2.87. The molecule has 1 aromatic rings. The zero-order chi connectivity index (χ0) is 8.97. The summed E-state index contributed by atoms with van der Waals surface area (Å²) in [4.78, 5) is 0.541. The average molecular weight is 184 g/mol. The monoisotopic (exact) mass is 184 g/mol. The van der Waals surface area contributed by atoms with Gasteiger partial charge in [0.1, 0.15) is 5.75 Å². The fraction of sp³-hybridized carbons (Fsp3) is 0.333. The van der Waals surface area contributed by atoms with E-state index in [0.717, 1.165) is 6.42 Å². The molecular formula is C9H12O2S. The number of rotatable bonds is 3. The van der Waals surface area contributed by atoms with Gasteiger partial charge in [0.05, 0.1) is 15.7 Å². The second-order valence-corrected chi connectivity index (χ2v) is 4.06. The molecule has 1 aromatic carbocycles. The number of aromatic hydroxyl groups is 1. The summed E-state index contributed by atoms with van der Waals surface area (Å²) in [5, 5.41) is 9.31. The lowest BCUT2D eigenvalue weighted by Gasteiger charge is -2.01. The third kappa shape index (κ3) is 2.08. The van der Waals surface area contributed by atoms with E-state index in [1.54, 1.807) is 24.3 Å². The molecule has 12 heavy (non-hydrogen) atoms. The van der Waals surface area contributed by atoms with Gasteiger partial charge in [-0.2, -0.15) is 0 Å². The van der Waals surface area contributed by atoms with E-state index in [9.17, 15) is 9.32 Å². The molecule has 0 amide bonds. The second kappa shape index (κ2) is 4.26. The minimum atomic E-state index is -1.05. The molecule has 0 bridgehead atoms. The highest BCUT2D eigenvalue weighted by Crippen LogP contribution is 2.19. The Morgan fingerprint density at radius 1 is 1.42 bits per heavy atom. The molecule has 0 aliphatic heterocycles. The van der Waals surface area contributed by atoms with E-state index in [1.165, 1.54) is 0 Å². The third-order valence-corrected chi connectivity index (χ3v) is 3.11. The highest BCUT2D eigenvalue weighted by atomic mass is 32.2. The first-order chi connectivity index (χ1) is 5.75. The van der Waals surface area contributed by atoms with Gasteiger partial charge in [-0.3, -0.25) is 4.21 Å². The highest BCUT2D eigenvalue weighted by Gasteiger charge is 2.06. The maximum absolute atomic E-state index is 11.4. The fourth-order valence-corrected chi connectivity index (χ4v) is 2.07. The number of phenolic OH excluding ortho intramolecular Hbond substituents is 1. The van der Waals surface area contributed by atoms with Crippen LogP contribution in [-0.2, 0) is 10.8 Å². The minimum Gasteiger partial charge on any atom is -0.507 e. The Morgan fingerprint density at radius 2 is 2.08 bits per heavy atom. The summed E-state index contributed by atoms with van der Waals surface area (Å²) < 4.78 is 11.4. The highest BCUT2D eigenvalue weighted by molar-refractivity contribution is 7.85. The van der Waals surface area contributed by atoms with Crippen molar-refractivity contribution in [1.82, 2.24) is 0 Å². The SMILES string of the molecule is CCCS(=O)c1ccccc1O. The molecule has 0 aromatic heterocycles. The number of benzene rings is 1. The Labute approximate surface area is 74.7 Å². The molecule has 0 heterocycles. The lowest BCUT2D eigenvalue weighted by atomic mass is 10.3. The lowest BCUT2D eigenvalue weighted by Crippen LogP contribution is -1.96. The van der Waals surface area contributed by atoms with E-state index >= 15 is 0 Å². The fourth-order valence-electron chi connectivity index (χ4n) is 0.945. The van der Waals surface area contributed by atoms with Crippen LogP contribution in [0.2, 0.25) is 0 Å². The van der Waals surface area contributed by atoms with Crippen molar-refractivity contribution in [2.24, 2.45) is 0 Å². The van der Waals surface area contributed by atoms with Crippen LogP contribution >= 0.6 is 0 Å². The van der Waals surface area contributed by atoms with E-state index in [1.807, 2.05) is 6.92 Å². The first-order valence-corrected chi connectivity index (χ1v) is 5.24. The molecule has 3 heteroatoms. The molecule has 1 atom stereocenters. The molecule has 0 fully saturated rings. The Hall–Kier alpha value is -0.830. The van der Waals surface area contributed by atoms with Gasteiger partial charge in [-0.1, -0.05) is 19.1 Å². The van der Waals surface area contributed by atoms with Gasteiger partial charge in [-0.05, 0) is 18.6 Å². The molecule has 1 rings (SSSR count). The summed E-state index contributed by atoms with van der Waals surface area (Å²) in [6, 6.07) is 6.76. The smallest absolute Gasteiger partial charge is 0.131 e. The van der Waals surface area contributed by atoms with Gasteiger partial charge in [0, 0.05) is 5.75 Å². The van der Waals surface area contributed by atoms with Crippen LogP contribution in [0.5, 0.6) is 5.75 Å². The molecule has 0 radical (unpaired) electrons. The number of phenols is 1. The van der Waals surface area contributed by atoms with E-state index in [4.69, 9.17) is 0 Å². The van der Waals surface area contributed by atoms with Crippen molar-refractivity contribution >= 4 is 10.8 Å². The first kappa shape index (κ1) is 9.26. The molecule has 66 valence electrons. The number of para-hydroxylation sites is 1. The molecule has 0 spiro atoms. The summed E-state index contributed by atoms with van der Waals surface area (Å²) in [6.45, 7) is 1.97. The van der Waals surface area contributed by atoms with Gasteiger partial charge in [0.25, 0.3) is 0 Å². The van der Waals surface area contributed by atoms with E-state index in [-0.39, 0.29) is 5.75 Å². The minimum absolute atomic E-state index is 0.129. The predicted molar refractivity (Wildman–Crippen MR) is 49.7 cm³/mol. The van der Waals surface area contributed by atoms with Crippen LogP contribution in [0.3, 0.4) is 0 Å². The summed E-state index contributed by atoms with van der Waals surface area (Å²) in [5.41, 5.74) is 0. The van der Waals surface area contributed by atoms with Gasteiger partial charge in [0.15, 0.2) is 0 Å². The molecule has 1 unspecified atom stereocenters. The normalized spacial score (nSPS) is 12.8. The van der Waals surface area contributed by atoms with Gasteiger partial charge in [-0.15, -0.1) is 0 Å². The zero-order valence-corrected chi connectivity index (χ0v) is 7.80. The van der Waals surface area contributed by atoms with Crippen molar-refractivity contribution in [2.75, 3.05) is 5.75 Å². The Bertz CT molecular complexity index is 284. The molecule has 0 saturated carbocycles. The third-order valence-electron chi connectivity index (χ3n) is 1.50. The quantitative estimate of drug-likeness (QED) is 0.779. The lowest BCUT2D eigenvalue weighted by molar-refractivity contribution is 0.461. The van der Waals surface area contributed by atoms with Gasteiger partial charge in [-0.25, -0.2) is 0 Å². The molecule has 0 saturated heterocycles. The standard InChI is InChI=1S/C9H12O2S/c1-2-7-12(11)9-6-4-3-5-8(9)10/h3-6,10H,2,7H2,1H3. The summed E-state index contributed by atoms with van der Waals surface area (Å²) in [7, 11) is -1.05. The maximum Gasteiger partial charge on any atom is 0.131 e. The second-order valence-electron chi connectivity index (χ2n) is 2.52. The van der Waals surface area contributed by atoms with Crippen molar-refractivity contribution in [3.63, 3.8) is 0 Å². The largest absolute Gasteiger partial charge is 0.507 e. The molecule has 1 N–H and O–H groups in total. The summed E-state index contributed by atoms with van der Waals surface area (Å²) in [6.07, 6.45) is 0.862. The topological polar surface area (TPSA) is 37.3 Å². The molecular weight excluding hydrogens is 172 g/mol. The van der Waals surface area contributed by atoms with Crippen molar-refractivity contribution in [3.05, 3.63) is 24.3 Å². The first-order valence-electron chi connectivity index (χ1n) is 3.92. The Kier molecular flexibility index (Phi) is 3.29. The van der Waals surface area contributed by atoms with Crippen molar-refractivity contribution in [1.29, 1.82) is 0 Å². The molecule has 0 aliphatic carbocycles. The van der Waals surface area contributed by atoms with Crippen LogP contribution in [0.4, 0.5) is 0 Å². The molecule has 0 aliphatic rings.